The Morgan fingerprint density at radius 2 is 2.05 bits per heavy atom. The number of hydrogen-bond acceptors (Lipinski definition) is 4. The first-order valence-electron chi connectivity index (χ1n) is 6.58. The van der Waals surface area contributed by atoms with Crippen LogP contribution in [0.4, 0.5) is 0 Å². The number of hydrogen-bond donors (Lipinski definition) is 1. The molecule has 1 N–H and O–H groups in total. The molecule has 0 bridgehead atoms. The Hall–Kier alpha value is -2.47. The summed E-state index contributed by atoms with van der Waals surface area (Å²) in [5.74, 6) is 0.770. The average Bonchev–Trinajstić information content (AvgIpc) is 2.92. The number of rotatable bonds is 1. The second-order valence-electron chi connectivity index (χ2n) is 4.79. The summed E-state index contributed by atoms with van der Waals surface area (Å²) in [6, 6.07) is 9.72. The summed E-state index contributed by atoms with van der Waals surface area (Å²) in [5.41, 5.74) is 1.52. The molecule has 3 aromatic rings. The largest absolute Gasteiger partial charge is 0.308 e. The number of benzene rings is 1. The normalized spacial score (nSPS) is 14.4. The molecule has 0 radical (unpaired) electrons. The van der Waals surface area contributed by atoms with Gasteiger partial charge in [-0.25, -0.2) is 9.67 Å². The van der Waals surface area contributed by atoms with Crippen molar-refractivity contribution < 1.29 is 0 Å². The van der Waals surface area contributed by atoms with Gasteiger partial charge in [-0.1, -0.05) is 18.2 Å². The smallest absolute Gasteiger partial charge is 0.264 e. The van der Waals surface area contributed by atoms with E-state index >= 15 is 0 Å². The van der Waals surface area contributed by atoms with Gasteiger partial charge in [-0.2, -0.15) is 5.10 Å². The van der Waals surface area contributed by atoms with Crippen molar-refractivity contribution in [2.24, 2.45) is 0 Å². The summed E-state index contributed by atoms with van der Waals surface area (Å²) in [6.45, 7) is 2.08. The molecule has 0 unspecified atom stereocenters. The first-order valence-corrected chi connectivity index (χ1v) is 6.58. The summed E-state index contributed by atoms with van der Waals surface area (Å²) in [5, 5.41) is 8.12. The first kappa shape index (κ1) is 11.4. The molecule has 0 aliphatic carbocycles. The van der Waals surface area contributed by atoms with Gasteiger partial charge in [-0.3, -0.25) is 9.36 Å². The summed E-state index contributed by atoms with van der Waals surface area (Å²) < 4.78 is 3.45. The van der Waals surface area contributed by atoms with Crippen molar-refractivity contribution in [1.82, 2.24) is 24.6 Å². The molecule has 1 aliphatic heterocycles. The molecular formula is C14H13N5O. The van der Waals surface area contributed by atoms with Crippen molar-refractivity contribution in [2.75, 3.05) is 6.54 Å². The Labute approximate surface area is 114 Å². The molecule has 1 aliphatic rings. The zero-order valence-electron chi connectivity index (χ0n) is 10.8. The molecule has 2 aromatic heterocycles. The molecule has 20 heavy (non-hydrogen) atoms. The van der Waals surface area contributed by atoms with Crippen LogP contribution in [0.2, 0.25) is 0 Å². The number of nitrogens with zero attached hydrogens (tertiary/aromatic N) is 4. The minimum Gasteiger partial charge on any atom is -0.308 e. The van der Waals surface area contributed by atoms with Gasteiger partial charge in [0.2, 0.25) is 0 Å². The quantitative estimate of drug-likeness (QED) is 0.704. The number of fused-ring (bicyclic) bond motifs is 2. The van der Waals surface area contributed by atoms with Crippen LogP contribution in [0.3, 0.4) is 0 Å². The van der Waals surface area contributed by atoms with Crippen LogP contribution in [-0.2, 0) is 13.1 Å². The summed E-state index contributed by atoms with van der Waals surface area (Å²) in [6.07, 6.45) is 1.60. The van der Waals surface area contributed by atoms with Gasteiger partial charge >= 0.3 is 0 Å². The van der Waals surface area contributed by atoms with Crippen LogP contribution in [-0.4, -0.2) is 25.9 Å². The predicted molar refractivity (Wildman–Crippen MR) is 74.8 cm³/mol. The van der Waals surface area contributed by atoms with Crippen molar-refractivity contribution in [1.29, 1.82) is 0 Å². The van der Waals surface area contributed by atoms with Gasteiger partial charge in [0.05, 0.1) is 18.4 Å². The molecule has 0 atom stereocenters. The Morgan fingerprint density at radius 3 is 2.90 bits per heavy atom. The molecule has 0 spiro atoms. The minimum atomic E-state index is -0.00585. The highest BCUT2D eigenvalue weighted by Crippen LogP contribution is 2.14. The molecule has 0 saturated carbocycles. The van der Waals surface area contributed by atoms with Crippen LogP contribution < -0.4 is 10.9 Å². The SMILES string of the molecule is O=c1c2cnn(-c3ccccc3)c2nc2n1CCNC2. The van der Waals surface area contributed by atoms with Crippen molar-refractivity contribution in [3.63, 3.8) is 0 Å². The minimum absolute atomic E-state index is 0.00585. The standard InChI is InChI=1S/C14H13N5O/c20-14-11-8-16-19(10-4-2-1-3-5-10)13(11)17-12-9-15-6-7-18(12)14/h1-5,8,15H,6-7,9H2. The Kier molecular flexibility index (Phi) is 2.43. The van der Waals surface area contributed by atoms with E-state index in [1.807, 2.05) is 30.3 Å². The third-order valence-corrected chi connectivity index (χ3v) is 3.56. The topological polar surface area (TPSA) is 64.7 Å². The van der Waals surface area contributed by atoms with E-state index in [0.717, 1.165) is 18.1 Å². The summed E-state index contributed by atoms with van der Waals surface area (Å²) in [7, 11) is 0. The van der Waals surface area contributed by atoms with Gasteiger partial charge in [-0.05, 0) is 12.1 Å². The third kappa shape index (κ3) is 1.58. The molecular weight excluding hydrogens is 254 g/mol. The summed E-state index contributed by atoms with van der Waals surface area (Å²) >= 11 is 0. The third-order valence-electron chi connectivity index (χ3n) is 3.56. The van der Waals surface area contributed by atoms with Crippen LogP contribution in [0.5, 0.6) is 0 Å². The van der Waals surface area contributed by atoms with Crippen molar-refractivity contribution >= 4 is 11.0 Å². The molecule has 1 aromatic carbocycles. The van der Waals surface area contributed by atoms with Gasteiger partial charge < -0.3 is 5.32 Å². The van der Waals surface area contributed by atoms with Crippen LogP contribution in [0, 0.1) is 0 Å². The van der Waals surface area contributed by atoms with Gasteiger partial charge in [0.1, 0.15) is 11.2 Å². The molecule has 6 nitrogen and oxygen atoms in total. The number of aromatic nitrogens is 4. The first-order chi connectivity index (χ1) is 9.84. The maximum atomic E-state index is 12.5. The van der Waals surface area contributed by atoms with E-state index in [9.17, 15) is 4.79 Å². The van der Waals surface area contributed by atoms with E-state index in [-0.39, 0.29) is 5.56 Å². The Balaban J connectivity index is 2.02. The predicted octanol–water partition coefficient (Wildman–Crippen LogP) is 0.685. The lowest BCUT2D eigenvalue weighted by molar-refractivity contribution is 0.485. The van der Waals surface area contributed by atoms with Gasteiger partial charge in [0.25, 0.3) is 5.56 Å². The molecule has 100 valence electrons. The summed E-state index contributed by atoms with van der Waals surface area (Å²) in [4.78, 5) is 17.1. The van der Waals surface area contributed by atoms with Gasteiger partial charge in [0.15, 0.2) is 5.65 Å². The van der Waals surface area contributed by atoms with Crippen molar-refractivity contribution in [3.8, 4) is 5.69 Å². The van der Waals surface area contributed by atoms with E-state index < -0.39 is 0 Å². The second kappa shape index (κ2) is 4.28. The fraction of sp³-hybridized carbons (Fsp3) is 0.214. The average molecular weight is 267 g/mol. The Bertz CT molecular complexity index is 834. The van der Waals surface area contributed by atoms with Crippen molar-refractivity contribution in [3.05, 3.63) is 52.7 Å². The van der Waals surface area contributed by atoms with E-state index in [2.05, 4.69) is 15.4 Å². The van der Waals surface area contributed by atoms with E-state index in [0.29, 0.717) is 24.1 Å². The molecule has 0 fully saturated rings. The molecule has 0 saturated heterocycles. The second-order valence-corrected chi connectivity index (χ2v) is 4.79. The van der Waals surface area contributed by atoms with Crippen LogP contribution in [0.1, 0.15) is 5.82 Å². The molecule has 4 rings (SSSR count). The van der Waals surface area contributed by atoms with E-state index in [1.54, 1.807) is 15.4 Å². The molecule has 0 amide bonds. The monoisotopic (exact) mass is 267 g/mol. The zero-order valence-corrected chi connectivity index (χ0v) is 10.8. The lowest BCUT2D eigenvalue weighted by Crippen LogP contribution is -2.37. The van der Waals surface area contributed by atoms with Crippen LogP contribution >= 0.6 is 0 Å². The fourth-order valence-electron chi connectivity index (χ4n) is 2.56. The maximum absolute atomic E-state index is 12.5. The highest BCUT2D eigenvalue weighted by Gasteiger charge is 2.17. The van der Waals surface area contributed by atoms with Gasteiger partial charge in [0, 0.05) is 13.1 Å². The maximum Gasteiger partial charge on any atom is 0.264 e. The lowest BCUT2D eigenvalue weighted by atomic mass is 10.3. The van der Waals surface area contributed by atoms with E-state index in [4.69, 9.17) is 0 Å². The van der Waals surface area contributed by atoms with Crippen LogP contribution in [0.25, 0.3) is 16.7 Å². The molecule has 3 heterocycles. The van der Waals surface area contributed by atoms with E-state index in [1.165, 1.54) is 0 Å². The molecule has 6 heteroatoms. The number of para-hydroxylation sites is 1. The Morgan fingerprint density at radius 1 is 1.20 bits per heavy atom. The van der Waals surface area contributed by atoms with Crippen LogP contribution in [0.15, 0.2) is 41.3 Å². The van der Waals surface area contributed by atoms with Gasteiger partial charge in [-0.15, -0.1) is 0 Å². The highest BCUT2D eigenvalue weighted by molar-refractivity contribution is 5.75. The lowest BCUT2D eigenvalue weighted by Gasteiger charge is -2.18. The number of nitrogens with one attached hydrogen (secondary N) is 1. The zero-order chi connectivity index (χ0) is 13.5. The fourth-order valence-corrected chi connectivity index (χ4v) is 2.56. The van der Waals surface area contributed by atoms with Crippen molar-refractivity contribution in [2.45, 2.75) is 13.1 Å². The highest BCUT2D eigenvalue weighted by atomic mass is 16.1.